The first-order valence-corrected chi connectivity index (χ1v) is 11.9. The number of para-hydroxylation sites is 1. The van der Waals surface area contributed by atoms with Crippen LogP contribution in [0.1, 0.15) is 50.2 Å². The molecule has 184 valence electrons. The maximum Gasteiger partial charge on any atom is 0.273 e. The quantitative estimate of drug-likeness (QED) is 0.531. The minimum atomic E-state index is -1.20. The molecule has 0 bridgehead atoms. The van der Waals surface area contributed by atoms with Gasteiger partial charge in [-0.1, -0.05) is 44.2 Å². The van der Waals surface area contributed by atoms with Crippen LogP contribution in [-0.4, -0.2) is 39.3 Å². The minimum Gasteiger partial charge on any atom is -0.354 e. The summed E-state index contributed by atoms with van der Waals surface area (Å²) in [7, 11) is 0. The van der Waals surface area contributed by atoms with E-state index in [1.807, 2.05) is 28.8 Å². The van der Waals surface area contributed by atoms with E-state index in [0.29, 0.717) is 29.4 Å². The fourth-order valence-corrected chi connectivity index (χ4v) is 4.62. The van der Waals surface area contributed by atoms with Crippen LogP contribution in [0, 0.1) is 11.7 Å². The summed E-state index contributed by atoms with van der Waals surface area (Å²) in [6.07, 6.45) is 0.818. The SMILES string of the molecule is CC(=O)Nc1c2n(c3ccccc13)C[C@@](C)(C(=O)NCCC(C)C)N(Cc1ccc(F)cc1)C2=O. The van der Waals surface area contributed by atoms with Crippen molar-refractivity contribution in [3.8, 4) is 0 Å². The highest BCUT2D eigenvalue weighted by Gasteiger charge is 2.48. The molecule has 0 radical (unpaired) electrons. The molecule has 0 fully saturated rings. The summed E-state index contributed by atoms with van der Waals surface area (Å²) in [6, 6.07) is 13.3. The fourth-order valence-electron chi connectivity index (χ4n) is 4.62. The Morgan fingerprint density at radius 3 is 2.46 bits per heavy atom. The first kappa shape index (κ1) is 24.4. The van der Waals surface area contributed by atoms with Gasteiger partial charge in [0.2, 0.25) is 11.8 Å². The number of fused-ring (bicyclic) bond motifs is 3. The third-order valence-corrected chi connectivity index (χ3v) is 6.53. The Bertz CT molecular complexity index is 1280. The predicted octanol–water partition coefficient (Wildman–Crippen LogP) is 4.32. The lowest BCUT2D eigenvalue weighted by atomic mass is 9.93. The topological polar surface area (TPSA) is 83.4 Å². The Morgan fingerprint density at radius 1 is 1.11 bits per heavy atom. The Morgan fingerprint density at radius 2 is 1.80 bits per heavy atom. The standard InChI is InChI=1S/C27H31FN4O3/c1-17(2)13-14-29-26(35)27(4)16-31-22-8-6-5-7-21(22)23(30-18(3)33)24(31)25(34)32(27)15-19-9-11-20(28)12-10-19/h5-12,17H,13-16H2,1-4H3,(H,29,35)(H,30,33)/t27-/m0/s1. The van der Waals surface area contributed by atoms with E-state index in [1.54, 1.807) is 19.1 Å². The van der Waals surface area contributed by atoms with Gasteiger partial charge in [-0.25, -0.2) is 4.39 Å². The van der Waals surface area contributed by atoms with E-state index in [1.165, 1.54) is 24.0 Å². The summed E-state index contributed by atoms with van der Waals surface area (Å²) >= 11 is 0. The van der Waals surface area contributed by atoms with Crippen molar-refractivity contribution in [1.82, 2.24) is 14.8 Å². The molecule has 0 saturated carbocycles. The zero-order valence-corrected chi connectivity index (χ0v) is 20.5. The molecule has 1 aromatic heterocycles. The van der Waals surface area contributed by atoms with Crippen molar-refractivity contribution in [3.05, 3.63) is 65.6 Å². The molecule has 7 nitrogen and oxygen atoms in total. The number of nitrogens with one attached hydrogen (secondary N) is 2. The third kappa shape index (κ3) is 4.65. The van der Waals surface area contributed by atoms with Crippen molar-refractivity contribution in [2.75, 3.05) is 11.9 Å². The van der Waals surface area contributed by atoms with Gasteiger partial charge < -0.3 is 20.1 Å². The highest BCUT2D eigenvalue weighted by molar-refractivity contribution is 6.14. The average molecular weight is 479 g/mol. The lowest BCUT2D eigenvalue weighted by Gasteiger charge is -2.44. The molecule has 35 heavy (non-hydrogen) atoms. The first-order chi connectivity index (χ1) is 16.6. The number of hydrogen-bond donors (Lipinski definition) is 2. The molecule has 1 atom stereocenters. The van der Waals surface area contributed by atoms with Gasteiger partial charge in [0, 0.05) is 25.4 Å². The molecular weight excluding hydrogens is 447 g/mol. The zero-order chi connectivity index (χ0) is 25.3. The molecule has 0 spiro atoms. The fraction of sp³-hybridized carbons (Fsp3) is 0.370. The van der Waals surface area contributed by atoms with Crippen LogP contribution in [0.2, 0.25) is 0 Å². The summed E-state index contributed by atoms with van der Waals surface area (Å²) < 4.78 is 15.4. The van der Waals surface area contributed by atoms with Crippen LogP contribution in [0.15, 0.2) is 48.5 Å². The Hall–Kier alpha value is -3.68. The minimum absolute atomic E-state index is 0.119. The molecule has 2 heterocycles. The maximum atomic E-state index is 14.1. The summed E-state index contributed by atoms with van der Waals surface area (Å²) in [6.45, 7) is 8.16. The van der Waals surface area contributed by atoms with E-state index in [2.05, 4.69) is 24.5 Å². The molecule has 2 N–H and O–H groups in total. The second-order valence-electron chi connectivity index (χ2n) is 9.74. The molecule has 0 aliphatic carbocycles. The highest BCUT2D eigenvalue weighted by atomic mass is 19.1. The summed E-state index contributed by atoms with van der Waals surface area (Å²) in [5.41, 5.74) is 1.03. The average Bonchev–Trinajstić information content (AvgIpc) is 3.10. The van der Waals surface area contributed by atoms with Gasteiger partial charge in [0.05, 0.1) is 17.7 Å². The van der Waals surface area contributed by atoms with Crippen molar-refractivity contribution in [3.63, 3.8) is 0 Å². The maximum absolute atomic E-state index is 14.1. The molecule has 3 aromatic rings. The van der Waals surface area contributed by atoms with Gasteiger partial charge in [0.1, 0.15) is 17.1 Å². The van der Waals surface area contributed by atoms with Crippen molar-refractivity contribution in [1.29, 1.82) is 0 Å². The normalized spacial score (nSPS) is 17.5. The number of halogens is 1. The Labute approximate surface area is 204 Å². The number of aromatic nitrogens is 1. The predicted molar refractivity (Wildman–Crippen MR) is 133 cm³/mol. The van der Waals surface area contributed by atoms with E-state index in [0.717, 1.165) is 17.3 Å². The van der Waals surface area contributed by atoms with Crippen molar-refractivity contribution >= 4 is 34.3 Å². The van der Waals surface area contributed by atoms with Gasteiger partial charge in [-0.15, -0.1) is 0 Å². The van der Waals surface area contributed by atoms with Gasteiger partial charge in [-0.05, 0) is 43.0 Å². The molecule has 4 rings (SSSR count). The number of rotatable bonds is 7. The number of anilines is 1. The molecule has 3 amide bonds. The molecule has 8 heteroatoms. The van der Waals surface area contributed by atoms with Gasteiger partial charge in [-0.3, -0.25) is 14.4 Å². The van der Waals surface area contributed by atoms with E-state index in [9.17, 15) is 18.8 Å². The lowest BCUT2D eigenvalue weighted by molar-refractivity contribution is -0.133. The molecule has 0 unspecified atom stereocenters. The van der Waals surface area contributed by atoms with Gasteiger partial charge in [0.15, 0.2) is 0 Å². The molecule has 1 aliphatic rings. The number of nitrogens with zero attached hydrogens (tertiary/aromatic N) is 2. The Kier molecular flexibility index (Phi) is 6.65. The van der Waals surface area contributed by atoms with Crippen LogP contribution in [-0.2, 0) is 22.7 Å². The molecule has 2 aromatic carbocycles. The highest BCUT2D eigenvalue weighted by Crippen LogP contribution is 2.39. The lowest BCUT2D eigenvalue weighted by Crippen LogP contribution is -2.63. The summed E-state index contributed by atoms with van der Waals surface area (Å²) in [5.74, 6) is -0.866. The number of amides is 3. The smallest absolute Gasteiger partial charge is 0.273 e. The van der Waals surface area contributed by atoms with E-state index >= 15 is 0 Å². The van der Waals surface area contributed by atoms with Crippen LogP contribution >= 0.6 is 0 Å². The zero-order valence-electron chi connectivity index (χ0n) is 20.5. The monoisotopic (exact) mass is 478 g/mol. The van der Waals surface area contributed by atoms with Crippen molar-refractivity contribution < 1.29 is 18.8 Å². The third-order valence-electron chi connectivity index (χ3n) is 6.53. The van der Waals surface area contributed by atoms with Gasteiger partial charge >= 0.3 is 0 Å². The van der Waals surface area contributed by atoms with E-state index in [-0.39, 0.29) is 36.6 Å². The largest absolute Gasteiger partial charge is 0.354 e. The second-order valence-corrected chi connectivity index (χ2v) is 9.74. The molecular formula is C27H31FN4O3. The second kappa shape index (κ2) is 9.52. The van der Waals surface area contributed by atoms with Crippen LogP contribution < -0.4 is 10.6 Å². The number of carbonyl (C=O) groups excluding carboxylic acids is 3. The van der Waals surface area contributed by atoms with Gasteiger partial charge in [-0.2, -0.15) is 0 Å². The summed E-state index contributed by atoms with van der Waals surface area (Å²) in [4.78, 5) is 41.2. The Balaban J connectivity index is 1.83. The van der Waals surface area contributed by atoms with Crippen molar-refractivity contribution in [2.24, 2.45) is 5.92 Å². The first-order valence-electron chi connectivity index (χ1n) is 11.9. The number of carbonyl (C=O) groups is 3. The van der Waals surface area contributed by atoms with Gasteiger partial charge in [0.25, 0.3) is 5.91 Å². The number of benzene rings is 2. The van der Waals surface area contributed by atoms with Crippen LogP contribution in [0.25, 0.3) is 10.9 Å². The van der Waals surface area contributed by atoms with Crippen LogP contribution in [0.4, 0.5) is 10.1 Å². The number of hydrogen-bond acceptors (Lipinski definition) is 3. The van der Waals surface area contributed by atoms with Crippen LogP contribution in [0.3, 0.4) is 0 Å². The molecule has 1 aliphatic heterocycles. The van der Waals surface area contributed by atoms with Crippen molar-refractivity contribution in [2.45, 2.75) is 52.7 Å². The molecule has 0 saturated heterocycles. The van der Waals surface area contributed by atoms with Crippen LogP contribution in [0.5, 0.6) is 0 Å². The van der Waals surface area contributed by atoms with E-state index < -0.39 is 5.54 Å². The van der Waals surface area contributed by atoms with E-state index in [4.69, 9.17) is 0 Å². The summed E-state index contributed by atoms with van der Waals surface area (Å²) in [5, 5.41) is 6.57.